The molecule has 0 aliphatic rings. The summed E-state index contributed by atoms with van der Waals surface area (Å²) >= 11 is 9.72. The van der Waals surface area contributed by atoms with Crippen LogP contribution in [-0.2, 0) is 0 Å². The predicted octanol–water partition coefficient (Wildman–Crippen LogP) is 5.56. The van der Waals surface area contributed by atoms with Gasteiger partial charge in [-0.3, -0.25) is 0 Å². The molecule has 0 radical (unpaired) electrons. The fourth-order valence-electron chi connectivity index (χ4n) is 1.95. The minimum Gasteiger partial charge on any atom is -0.456 e. The minimum absolute atomic E-state index is 0.488. The number of halogens is 2. The van der Waals surface area contributed by atoms with Gasteiger partial charge in [0.1, 0.15) is 11.5 Å². The molecule has 0 saturated carbocycles. The first kappa shape index (κ1) is 15.4. The van der Waals surface area contributed by atoms with E-state index in [1.807, 2.05) is 32.0 Å². The Labute approximate surface area is 132 Å². The molecule has 0 heterocycles. The number of benzene rings is 2. The molecule has 2 aromatic carbocycles. The lowest BCUT2D eigenvalue weighted by Gasteiger charge is -2.12. The average molecular weight is 356 g/mol. The van der Waals surface area contributed by atoms with E-state index in [1.54, 1.807) is 19.1 Å². The first-order chi connectivity index (χ1) is 9.38. The van der Waals surface area contributed by atoms with Crippen LogP contribution in [0.1, 0.15) is 29.7 Å². The quantitative estimate of drug-likeness (QED) is 0.780. The molecular formula is C16H16BrClO2. The molecule has 1 atom stereocenters. The number of rotatable bonds is 3. The van der Waals surface area contributed by atoms with Gasteiger partial charge < -0.3 is 9.84 Å². The van der Waals surface area contributed by atoms with E-state index in [-0.39, 0.29) is 0 Å². The molecule has 2 aromatic rings. The summed E-state index contributed by atoms with van der Waals surface area (Å²) in [7, 11) is 0. The van der Waals surface area contributed by atoms with Crippen LogP contribution in [-0.4, -0.2) is 5.11 Å². The molecule has 0 aliphatic heterocycles. The van der Waals surface area contributed by atoms with Gasteiger partial charge in [0.05, 0.1) is 11.1 Å². The second-order valence-electron chi connectivity index (χ2n) is 4.84. The summed E-state index contributed by atoms with van der Waals surface area (Å²) < 4.78 is 6.91. The number of aryl methyl sites for hydroxylation is 2. The van der Waals surface area contributed by atoms with Crippen LogP contribution in [0.15, 0.2) is 34.8 Å². The molecule has 2 rings (SSSR count). The zero-order chi connectivity index (χ0) is 14.9. The van der Waals surface area contributed by atoms with Gasteiger partial charge in [0.25, 0.3) is 0 Å². The third-order valence-electron chi connectivity index (χ3n) is 3.08. The molecule has 0 spiro atoms. The van der Waals surface area contributed by atoms with Gasteiger partial charge in [0.15, 0.2) is 0 Å². The van der Waals surface area contributed by atoms with E-state index >= 15 is 0 Å². The summed E-state index contributed by atoms with van der Waals surface area (Å²) in [5, 5.41) is 10.0. The maximum atomic E-state index is 9.53. The van der Waals surface area contributed by atoms with Gasteiger partial charge in [0.2, 0.25) is 0 Å². The van der Waals surface area contributed by atoms with E-state index < -0.39 is 6.10 Å². The standard InChI is InChI=1S/C16H16BrClO2/c1-9-6-13(7-10(2)16(9)17)20-15-5-4-12(11(3)19)8-14(15)18/h4-8,11,19H,1-3H3. The highest BCUT2D eigenvalue weighted by Crippen LogP contribution is 2.34. The van der Waals surface area contributed by atoms with Gasteiger partial charge in [-0.25, -0.2) is 0 Å². The lowest BCUT2D eigenvalue weighted by atomic mass is 10.1. The minimum atomic E-state index is -0.543. The SMILES string of the molecule is Cc1cc(Oc2ccc(C(C)O)cc2Cl)cc(C)c1Br. The lowest BCUT2D eigenvalue weighted by molar-refractivity contribution is 0.199. The summed E-state index contributed by atoms with van der Waals surface area (Å²) in [5.41, 5.74) is 2.99. The molecule has 20 heavy (non-hydrogen) atoms. The van der Waals surface area contributed by atoms with E-state index in [0.29, 0.717) is 10.8 Å². The summed E-state index contributed by atoms with van der Waals surface area (Å²) in [4.78, 5) is 0. The fraction of sp³-hybridized carbons (Fsp3) is 0.250. The molecule has 4 heteroatoms. The molecule has 0 saturated heterocycles. The Morgan fingerprint density at radius 3 is 2.25 bits per heavy atom. The normalized spacial score (nSPS) is 12.3. The van der Waals surface area contributed by atoms with Crippen molar-refractivity contribution in [1.82, 2.24) is 0 Å². The molecule has 2 nitrogen and oxygen atoms in total. The maximum Gasteiger partial charge on any atom is 0.146 e. The molecule has 0 aliphatic carbocycles. The molecular weight excluding hydrogens is 340 g/mol. The van der Waals surface area contributed by atoms with Crippen LogP contribution in [0.2, 0.25) is 5.02 Å². The van der Waals surface area contributed by atoms with Crippen LogP contribution in [0, 0.1) is 13.8 Å². The van der Waals surface area contributed by atoms with Crippen molar-refractivity contribution < 1.29 is 9.84 Å². The fourth-order valence-corrected chi connectivity index (χ4v) is 2.41. The smallest absolute Gasteiger partial charge is 0.146 e. The number of hydrogen-bond donors (Lipinski definition) is 1. The molecule has 0 amide bonds. The summed E-state index contributed by atoms with van der Waals surface area (Å²) in [6.07, 6.45) is -0.543. The maximum absolute atomic E-state index is 9.53. The van der Waals surface area contributed by atoms with Crippen molar-refractivity contribution in [1.29, 1.82) is 0 Å². The highest BCUT2D eigenvalue weighted by atomic mass is 79.9. The van der Waals surface area contributed by atoms with Crippen LogP contribution < -0.4 is 4.74 Å². The van der Waals surface area contributed by atoms with Crippen molar-refractivity contribution in [2.45, 2.75) is 26.9 Å². The first-order valence-electron chi connectivity index (χ1n) is 6.30. The highest BCUT2D eigenvalue weighted by Gasteiger charge is 2.09. The van der Waals surface area contributed by atoms with E-state index in [4.69, 9.17) is 16.3 Å². The predicted molar refractivity (Wildman–Crippen MR) is 85.8 cm³/mol. The molecule has 0 aromatic heterocycles. The van der Waals surface area contributed by atoms with Gasteiger partial charge in [-0.1, -0.05) is 33.6 Å². The zero-order valence-corrected chi connectivity index (χ0v) is 13.9. The third kappa shape index (κ3) is 3.35. The van der Waals surface area contributed by atoms with E-state index in [2.05, 4.69) is 15.9 Å². The van der Waals surface area contributed by atoms with Crippen LogP contribution in [0.25, 0.3) is 0 Å². The summed E-state index contributed by atoms with van der Waals surface area (Å²) in [5.74, 6) is 1.33. The second-order valence-corrected chi connectivity index (χ2v) is 6.04. The number of aliphatic hydroxyl groups is 1. The van der Waals surface area contributed by atoms with Gasteiger partial charge in [-0.15, -0.1) is 0 Å². The number of ether oxygens (including phenoxy) is 1. The van der Waals surface area contributed by atoms with Crippen LogP contribution >= 0.6 is 27.5 Å². The van der Waals surface area contributed by atoms with Gasteiger partial charge >= 0.3 is 0 Å². The Morgan fingerprint density at radius 1 is 1.15 bits per heavy atom. The van der Waals surface area contributed by atoms with Crippen molar-refractivity contribution in [2.75, 3.05) is 0 Å². The Kier molecular flexibility index (Phi) is 4.74. The third-order valence-corrected chi connectivity index (χ3v) is 4.62. The van der Waals surface area contributed by atoms with Crippen molar-refractivity contribution in [2.24, 2.45) is 0 Å². The van der Waals surface area contributed by atoms with Gasteiger partial charge in [-0.05, 0) is 61.7 Å². The first-order valence-corrected chi connectivity index (χ1v) is 7.47. The molecule has 1 unspecified atom stereocenters. The van der Waals surface area contributed by atoms with Crippen molar-refractivity contribution in [3.63, 3.8) is 0 Å². The van der Waals surface area contributed by atoms with Crippen molar-refractivity contribution in [3.05, 3.63) is 56.5 Å². The van der Waals surface area contributed by atoms with Gasteiger partial charge in [-0.2, -0.15) is 0 Å². The highest BCUT2D eigenvalue weighted by molar-refractivity contribution is 9.10. The second kappa shape index (κ2) is 6.17. The molecule has 1 N–H and O–H groups in total. The van der Waals surface area contributed by atoms with Crippen molar-refractivity contribution >= 4 is 27.5 Å². The molecule has 0 fully saturated rings. The average Bonchev–Trinajstić information content (AvgIpc) is 2.38. The molecule has 0 bridgehead atoms. The Bertz CT molecular complexity index is 615. The number of aliphatic hydroxyl groups excluding tert-OH is 1. The van der Waals surface area contributed by atoms with Crippen molar-refractivity contribution in [3.8, 4) is 11.5 Å². The van der Waals surface area contributed by atoms with Crippen LogP contribution in [0.5, 0.6) is 11.5 Å². The van der Waals surface area contributed by atoms with Crippen LogP contribution in [0.3, 0.4) is 0 Å². The largest absolute Gasteiger partial charge is 0.456 e. The molecule has 106 valence electrons. The number of hydrogen-bond acceptors (Lipinski definition) is 2. The monoisotopic (exact) mass is 354 g/mol. The summed E-state index contributed by atoms with van der Waals surface area (Å²) in [6.45, 7) is 5.73. The lowest BCUT2D eigenvalue weighted by Crippen LogP contribution is -1.93. The topological polar surface area (TPSA) is 29.5 Å². The Balaban J connectivity index is 2.31. The van der Waals surface area contributed by atoms with Crippen LogP contribution in [0.4, 0.5) is 0 Å². The van der Waals surface area contributed by atoms with Gasteiger partial charge in [0, 0.05) is 4.47 Å². The van der Waals surface area contributed by atoms with E-state index in [0.717, 1.165) is 26.9 Å². The Morgan fingerprint density at radius 2 is 1.75 bits per heavy atom. The Hall–Kier alpha value is -1.03. The van der Waals surface area contributed by atoms with E-state index in [1.165, 1.54) is 0 Å². The summed E-state index contributed by atoms with van der Waals surface area (Å²) in [6, 6.07) is 9.22. The van der Waals surface area contributed by atoms with E-state index in [9.17, 15) is 5.11 Å². The zero-order valence-electron chi connectivity index (χ0n) is 11.6.